The Morgan fingerprint density at radius 2 is 0.942 bits per heavy atom. The van der Waals surface area contributed by atoms with E-state index in [2.05, 4.69) is 161 Å². The molecule has 2 aromatic heterocycles. The van der Waals surface area contributed by atoms with Crippen LogP contribution in [0, 0.1) is 0 Å². The molecule has 0 N–H and O–H groups in total. The quantitative estimate of drug-likeness (QED) is 0.170. The van der Waals surface area contributed by atoms with Crippen molar-refractivity contribution in [2.45, 2.75) is 0 Å². The molecule has 244 valence electrons. The van der Waals surface area contributed by atoms with Gasteiger partial charge in [0.15, 0.2) is 7.14 Å². The first-order chi connectivity index (χ1) is 25.7. The number of nitrogens with zero attached hydrogens (tertiary/aromatic N) is 2. The van der Waals surface area contributed by atoms with Gasteiger partial charge in [0.1, 0.15) is 0 Å². The molecule has 0 amide bonds. The van der Waals surface area contributed by atoms with Gasteiger partial charge in [-0.25, -0.2) is 0 Å². The molecule has 1 aliphatic heterocycles. The molecule has 0 spiro atoms. The van der Waals surface area contributed by atoms with Gasteiger partial charge in [-0.15, -0.1) is 0 Å². The largest absolute Gasteiger partial charge is 0.309 e. The van der Waals surface area contributed by atoms with Crippen molar-refractivity contribution >= 4 is 66.7 Å². The Morgan fingerprint density at radius 3 is 1.73 bits per heavy atom. The van der Waals surface area contributed by atoms with Crippen LogP contribution in [-0.4, -0.2) is 9.13 Å². The summed E-state index contributed by atoms with van der Waals surface area (Å²) in [6.45, 7) is 0. The lowest BCUT2D eigenvalue weighted by Crippen LogP contribution is -2.21. The molecule has 8 aromatic carbocycles. The molecule has 0 aliphatic carbocycles. The smallest absolute Gasteiger partial charge is 0.172 e. The molecule has 3 heterocycles. The van der Waals surface area contributed by atoms with Crippen LogP contribution in [0.3, 0.4) is 0 Å². The van der Waals surface area contributed by atoms with E-state index in [1.807, 2.05) is 36.4 Å². The SMILES string of the molecule is O=P1(c2ccccc2)c2ccccc2-c2ccc3c(c21)c1ccccc1n3-c1ccc(-c2ccc3c(c2)c2ccccc2n3-c2ccccc2)cc1. The van der Waals surface area contributed by atoms with E-state index < -0.39 is 7.14 Å². The Bertz CT molecular complexity index is 3080. The normalized spacial score (nSPS) is 15.1. The molecule has 1 unspecified atom stereocenters. The third kappa shape index (κ3) is 4.00. The zero-order chi connectivity index (χ0) is 34.4. The van der Waals surface area contributed by atoms with E-state index >= 15 is 4.57 Å². The lowest BCUT2D eigenvalue weighted by molar-refractivity contribution is 0.593. The van der Waals surface area contributed by atoms with Crippen LogP contribution >= 0.6 is 7.14 Å². The Hall–Kier alpha value is -6.41. The second-order valence-electron chi connectivity index (χ2n) is 13.6. The van der Waals surface area contributed by atoms with E-state index in [0.29, 0.717) is 0 Å². The van der Waals surface area contributed by atoms with Gasteiger partial charge < -0.3 is 13.7 Å². The molecular weight excluding hydrogens is 652 g/mol. The van der Waals surface area contributed by atoms with Crippen molar-refractivity contribution in [3.63, 3.8) is 0 Å². The minimum absolute atomic E-state index is 0.874. The highest BCUT2D eigenvalue weighted by Crippen LogP contribution is 2.55. The monoisotopic (exact) mass is 682 g/mol. The molecule has 52 heavy (non-hydrogen) atoms. The average molecular weight is 683 g/mol. The average Bonchev–Trinajstić information content (AvgIpc) is 3.82. The molecule has 1 atom stereocenters. The van der Waals surface area contributed by atoms with Gasteiger partial charge in [0.05, 0.1) is 22.1 Å². The summed E-state index contributed by atoms with van der Waals surface area (Å²) in [5.74, 6) is 0. The maximum Gasteiger partial charge on any atom is 0.172 e. The molecular formula is C48H31N2OP. The maximum absolute atomic E-state index is 15.7. The Morgan fingerprint density at radius 1 is 0.385 bits per heavy atom. The predicted octanol–water partition coefficient (Wildman–Crippen LogP) is 11.2. The molecule has 1 aliphatic rings. The lowest BCUT2D eigenvalue weighted by atomic mass is 10.0. The fourth-order valence-electron chi connectivity index (χ4n) is 8.68. The maximum atomic E-state index is 15.7. The summed E-state index contributed by atoms with van der Waals surface area (Å²) < 4.78 is 20.4. The van der Waals surface area contributed by atoms with Gasteiger partial charge in [0.25, 0.3) is 0 Å². The van der Waals surface area contributed by atoms with Crippen molar-refractivity contribution in [2.24, 2.45) is 0 Å². The van der Waals surface area contributed by atoms with Crippen LogP contribution in [0.1, 0.15) is 0 Å². The predicted molar refractivity (Wildman–Crippen MR) is 219 cm³/mol. The molecule has 0 fully saturated rings. The molecule has 11 rings (SSSR count). The van der Waals surface area contributed by atoms with Crippen LogP contribution in [0.15, 0.2) is 188 Å². The van der Waals surface area contributed by atoms with Gasteiger partial charge in [-0.2, -0.15) is 0 Å². The summed E-state index contributed by atoms with van der Waals surface area (Å²) in [7, 11) is -3.15. The van der Waals surface area contributed by atoms with E-state index in [1.165, 1.54) is 27.4 Å². The Balaban J connectivity index is 1.09. The minimum atomic E-state index is -3.15. The number of hydrogen-bond acceptors (Lipinski definition) is 1. The van der Waals surface area contributed by atoms with Crippen molar-refractivity contribution < 1.29 is 4.57 Å². The van der Waals surface area contributed by atoms with Crippen LogP contribution in [0.4, 0.5) is 0 Å². The highest BCUT2D eigenvalue weighted by atomic mass is 31.2. The first-order valence-corrected chi connectivity index (χ1v) is 19.4. The summed E-state index contributed by atoms with van der Waals surface area (Å²) in [6.07, 6.45) is 0. The van der Waals surface area contributed by atoms with E-state index in [-0.39, 0.29) is 0 Å². The molecule has 0 bridgehead atoms. The third-order valence-corrected chi connectivity index (χ3v) is 14.1. The van der Waals surface area contributed by atoms with Gasteiger partial charge in [-0.05, 0) is 76.9 Å². The van der Waals surface area contributed by atoms with Crippen molar-refractivity contribution in [1.82, 2.24) is 9.13 Å². The fraction of sp³-hybridized carbons (Fsp3) is 0. The van der Waals surface area contributed by atoms with Crippen LogP contribution < -0.4 is 15.9 Å². The standard InChI is InChI=1S/C48H31N2OP/c51-52(36-15-5-2-6-16-36)46-22-12-9-18-38(46)39-28-30-45-47(48(39)52)40-19-8-11-21-43(40)50(45)35-26-23-32(24-27-35)33-25-29-44-41(31-33)37-17-7-10-20-42(37)49(44)34-13-3-1-4-14-34/h1-31H. The van der Waals surface area contributed by atoms with Crippen LogP contribution in [0.25, 0.3) is 77.2 Å². The first-order valence-electron chi connectivity index (χ1n) is 17.7. The number of hydrogen-bond donors (Lipinski definition) is 0. The number of aromatic nitrogens is 2. The summed E-state index contributed by atoms with van der Waals surface area (Å²) in [4.78, 5) is 0. The number of benzene rings is 8. The minimum Gasteiger partial charge on any atom is -0.309 e. The summed E-state index contributed by atoms with van der Waals surface area (Å²) in [6, 6.07) is 66.2. The second-order valence-corrected chi connectivity index (χ2v) is 16.3. The second kappa shape index (κ2) is 11.0. The number of fused-ring (bicyclic) bond motifs is 10. The highest BCUT2D eigenvalue weighted by molar-refractivity contribution is 7.86. The van der Waals surface area contributed by atoms with Crippen LogP contribution in [-0.2, 0) is 4.57 Å². The van der Waals surface area contributed by atoms with Crippen molar-refractivity contribution in [1.29, 1.82) is 0 Å². The molecule has 3 nitrogen and oxygen atoms in total. The molecule has 0 radical (unpaired) electrons. The molecule has 4 heteroatoms. The summed E-state index contributed by atoms with van der Waals surface area (Å²) in [5, 5.41) is 7.41. The fourth-order valence-corrected chi connectivity index (χ4v) is 12.0. The van der Waals surface area contributed by atoms with E-state index in [1.54, 1.807) is 0 Å². The Kier molecular flexibility index (Phi) is 6.23. The highest BCUT2D eigenvalue weighted by Gasteiger charge is 2.42. The lowest BCUT2D eigenvalue weighted by Gasteiger charge is -2.17. The molecule has 0 saturated carbocycles. The van der Waals surface area contributed by atoms with E-state index in [9.17, 15) is 0 Å². The zero-order valence-electron chi connectivity index (χ0n) is 28.1. The van der Waals surface area contributed by atoms with Crippen LogP contribution in [0.2, 0.25) is 0 Å². The van der Waals surface area contributed by atoms with Gasteiger partial charge in [0.2, 0.25) is 0 Å². The van der Waals surface area contributed by atoms with Gasteiger partial charge in [0, 0.05) is 48.8 Å². The Labute approximate surface area is 301 Å². The van der Waals surface area contributed by atoms with E-state index in [4.69, 9.17) is 0 Å². The van der Waals surface area contributed by atoms with Crippen LogP contribution in [0.5, 0.6) is 0 Å². The van der Waals surface area contributed by atoms with Gasteiger partial charge in [-0.1, -0.05) is 133 Å². The molecule has 0 saturated heterocycles. The number of para-hydroxylation sites is 3. The number of rotatable bonds is 4. The van der Waals surface area contributed by atoms with Crippen molar-refractivity contribution in [3.05, 3.63) is 188 Å². The van der Waals surface area contributed by atoms with Gasteiger partial charge >= 0.3 is 0 Å². The third-order valence-electron chi connectivity index (χ3n) is 10.9. The molecule has 10 aromatic rings. The topological polar surface area (TPSA) is 26.9 Å². The first kappa shape index (κ1) is 29.3. The summed E-state index contributed by atoms with van der Waals surface area (Å²) in [5.41, 5.74) is 11.3. The van der Waals surface area contributed by atoms with Crippen molar-refractivity contribution in [3.8, 4) is 33.6 Å². The van der Waals surface area contributed by atoms with E-state index in [0.717, 1.165) is 65.8 Å². The van der Waals surface area contributed by atoms with Crippen molar-refractivity contribution in [2.75, 3.05) is 0 Å². The van der Waals surface area contributed by atoms with Gasteiger partial charge in [-0.3, -0.25) is 0 Å². The summed E-state index contributed by atoms with van der Waals surface area (Å²) >= 11 is 0. The zero-order valence-corrected chi connectivity index (χ0v) is 29.0.